The fourth-order valence-electron chi connectivity index (χ4n) is 3.01. The first-order valence-electron chi connectivity index (χ1n) is 9.93. The Morgan fingerprint density at radius 3 is 2.23 bits per heavy atom. The highest BCUT2D eigenvalue weighted by Gasteiger charge is 2.20. The number of hydrogen-bond acceptors (Lipinski definition) is 5. The molecule has 0 saturated heterocycles. The van der Waals surface area contributed by atoms with Crippen LogP contribution in [0.3, 0.4) is 0 Å². The Labute approximate surface area is 189 Å². The van der Waals surface area contributed by atoms with Gasteiger partial charge in [0.15, 0.2) is 0 Å². The van der Waals surface area contributed by atoms with Gasteiger partial charge in [0.05, 0.1) is 29.8 Å². The third kappa shape index (κ3) is 5.70. The highest BCUT2D eigenvalue weighted by atomic mass is 79.9. The third-order valence-corrected chi connectivity index (χ3v) is 5.12. The predicted molar refractivity (Wildman–Crippen MR) is 122 cm³/mol. The molecule has 2 aromatic carbocycles. The SMILES string of the molecule is CCOC(=O)c1ccc(N(Cc2ccncc2)C(=O)c2ccc(OCC)c(Br)c2)cc1. The number of benzene rings is 2. The number of amides is 1. The summed E-state index contributed by atoms with van der Waals surface area (Å²) in [6, 6.07) is 15.8. The molecule has 31 heavy (non-hydrogen) atoms. The zero-order chi connectivity index (χ0) is 22.2. The van der Waals surface area contributed by atoms with Crippen molar-refractivity contribution in [2.45, 2.75) is 20.4 Å². The van der Waals surface area contributed by atoms with Crippen molar-refractivity contribution in [3.05, 3.63) is 88.2 Å². The molecule has 0 unspecified atom stereocenters. The summed E-state index contributed by atoms with van der Waals surface area (Å²) in [6.45, 7) is 4.86. The lowest BCUT2D eigenvalue weighted by Gasteiger charge is -2.24. The van der Waals surface area contributed by atoms with Crippen LogP contribution < -0.4 is 9.64 Å². The van der Waals surface area contributed by atoms with Crippen LogP contribution in [0.5, 0.6) is 5.75 Å². The van der Waals surface area contributed by atoms with E-state index in [2.05, 4.69) is 20.9 Å². The van der Waals surface area contributed by atoms with Gasteiger partial charge in [0.2, 0.25) is 0 Å². The van der Waals surface area contributed by atoms with Gasteiger partial charge in [0.1, 0.15) is 5.75 Å². The van der Waals surface area contributed by atoms with Crippen LogP contribution >= 0.6 is 15.9 Å². The second-order valence-electron chi connectivity index (χ2n) is 6.59. The first-order valence-corrected chi connectivity index (χ1v) is 10.7. The van der Waals surface area contributed by atoms with E-state index >= 15 is 0 Å². The Hall–Kier alpha value is -3.19. The molecule has 160 valence electrons. The minimum Gasteiger partial charge on any atom is -0.493 e. The smallest absolute Gasteiger partial charge is 0.338 e. The van der Waals surface area contributed by atoms with Crippen molar-refractivity contribution in [2.24, 2.45) is 0 Å². The zero-order valence-corrected chi connectivity index (χ0v) is 19.0. The van der Waals surface area contributed by atoms with Crippen molar-refractivity contribution in [1.29, 1.82) is 0 Å². The molecular weight excluding hydrogens is 460 g/mol. The molecule has 6 nitrogen and oxygen atoms in total. The topological polar surface area (TPSA) is 68.7 Å². The van der Waals surface area contributed by atoms with Crippen LogP contribution in [0.4, 0.5) is 5.69 Å². The average Bonchev–Trinajstić information content (AvgIpc) is 2.79. The van der Waals surface area contributed by atoms with Gasteiger partial charge in [0, 0.05) is 23.6 Å². The van der Waals surface area contributed by atoms with Gasteiger partial charge in [-0.25, -0.2) is 4.79 Å². The van der Waals surface area contributed by atoms with E-state index in [9.17, 15) is 9.59 Å². The van der Waals surface area contributed by atoms with Gasteiger partial charge in [-0.15, -0.1) is 0 Å². The lowest BCUT2D eigenvalue weighted by Crippen LogP contribution is -2.30. The van der Waals surface area contributed by atoms with Crippen molar-refractivity contribution in [3.8, 4) is 5.75 Å². The molecule has 0 bridgehead atoms. The third-order valence-electron chi connectivity index (χ3n) is 4.50. The maximum atomic E-state index is 13.4. The summed E-state index contributed by atoms with van der Waals surface area (Å²) in [5.41, 5.74) is 2.55. The first kappa shape index (κ1) is 22.5. The summed E-state index contributed by atoms with van der Waals surface area (Å²) in [6.07, 6.45) is 3.38. The molecule has 0 N–H and O–H groups in total. The lowest BCUT2D eigenvalue weighted by molar-refractivity contribution is 0.0526. The first-order chi connectivity index (χ1) is 15.0. The van der Waals surface area contributed by atoms with E-state index < -0.39 is 5.97 Å². The Balaban J connectivity index is 1.93. The van der Waals surface area contributed by atoms with Crippen LogP contribution in [0, 0.1) is 0 Å². The minimum atomic E-state index is -0.392. The number of aromatic nitrogens is 1. The molecule has 1 amide bonds. The number of halogens is 1. The molecule has 0 fully saturated rings. The second kappa shape index (κ2) is 10.7. The van der Waals surface area contributed by atoms with Gasteiger partial charge in [0.25, 0.3) is 5.91 Å². The number of nitrogens with zero attached hydrogens (tertiary/aromatic N) is 2. The summed E-state index contributed by atoms with van der Waals surface area (Å²) >= 11 is 3.47. The summed E-state index contributed by atoms with van der Waals surface area (Å²) < 4.78 is 11.3. The molecule has 0 aliphatic carbocycles. The normalized spacial score (nSPS) is 10.4. The number of pyridine rings is 1. The van der Waals surface area contributed by atoms with E-state index in [0.717, 1.165) is 5.56 Å². The summed E-state index contributed by atoms with van der Waals surface area (Å²) in [5.74, 6) is 0.111. The highest BCUT2D eigenvalue weighted by Crippen LogP contribution is 2.28. The van der Waals surface area contributed by atoms with Crippen LogP contribution in [0.15, 0.2) is 71.5 Å². The van der Waals surface area contributed by atoms with Crippen molar-refractivity contribution in [2.75, 3.05) is 18.1 Å². The van der Waals surface area contributed by atoms with Crippen molar-refractivity contribution >= 4 is 33.5 Å². The Morgan fingerprint density at radius 1 is 0.935 bits per heavy atom. The maximum Gasteiger partial charge on any atom is 0.338 e. The standard InChI is InChI=1S/C24H23BrN2O4/c1-3-30-22-10-7-19(15-21(22)25)23(28)27(16-17-11-13-26-14-12-17)20-8-5-18(6-9-20)24(29)31-4-2/h5-15H,3-4,16H2,1-2H3. The van der Waals surface area contributed by atoms with Crippen molar-refractivity contribution < 1.29 is 19.1 Å². The molecule has 3 rings (SSSR count). The van der Waals surface area contributed by atoms with Gasteiger partial charge in [-0.3, -0.25) is 9.78 Å². The molecule has 3 aromatic rings. The number of anilines is 1. The van der Waals surface area contributed by atoms with E-state index in [0.29, 0.717) is 46.8 Å². The van der Waals surface area contributed by atoms with Crippen LogP contribution in [-0.4, -0.2) is 30.1 Å². The molecule has 7 heteroatoms. The molecule has 0 aliphatic heterocycles. The molecule has 0 spiro atoms. The summed E-state index contributed by atoms with van der Waals surface area (Å²) in [5, 5.41) is 0. The summed E-state index contributed by atoms with van der Waals surface area (Å²) in [4.78, 5) is 31.1. The maximum absolute atomic E-state index is 13.4. The van der Waals surface area contributed by atoms with Crippen LogP contribution in [0.25, 0.3) is 0 Å². The van der Waals surface area contributed by atoms with Gasteiger partial charge >= 0.3 is 5.97 Å². The molecular formula is C24H23BrN2O4. The van der Waals surface area contributed by atoms with Crippen LogP contribution in [0.1, 0.15) is 40.1 Å². The number of carbonyl (C=O) groups is 2. The number of ether oxygens (including phenoxy) is 2. The van der Waals surface area contributed by atoms with Crippen molar-refractivity contribution in [3.63, 3.8) is 0 Å². The lowest BCUT2D eigenvalue weighted by atomic mass is 10.1. The van der Waals surface area contributed by atoms with E-state index in [1.54, 1.807) is 66.7 Å². The summed E-state index contributed by atoms with van der Waals surface area (Å²) in [7, 11) is 0. The fraction of sp³-hybridized carbons (Fsp3) is 0.208. The van der Waals surface area contributed by atoms with Gasteiger partial charge in [-0.2, -0.15) is 0 Å². The second-order valence-corrected chi connectivity index (χ2v) is 7.45. The van der Waals surface area contributed by atoms with Crippen LogP contribution in [-0.2, 0) is 11.3 Å². The molecule has 0 atom stereocenters. The Morgan fingerprint density at radius 2 is 1.61 bits per heavy atom. The number of hydrogen-bond donors (Lipinski definition) is 0. The predicted octanol–water partition coefficient (Wildman–Crippen LogP) is 5.27. The van der Waals surface area contributed by atoms with Gasteiger partial charge < -0.3 is 14.4 Å². The van der Waals surface area contributed by atoms with E-state index in [4.69, 9.17) is 9.47 Å². The molecule has 1 heterocycles. The quantitative estimate of drug-likeness (QED) is 0.409. The average molecular weight is 483 g/mol. The van der Waals surface area contributed by atoms with E-state index in [1.165, 1.54) is 0 Å². The number of esters is 1. The van der Waals surface area contributed by atoms with E-state index in [1.807, 2.05) is 19.1 Å². The highest BCUT2D eigenvalue weighted by molar-refractivity contribution is 9.10. The number of rotatable bonds is 8. The monoisotopic (exact) mass is 482 g/mol. The molecule has 0 aliphatic rings. The molecule has 1 aromatic heterocycles. The number of carbonyl (C=O) groups excluding carboxylic acids is 2. The van der Waals surface area contributed by atoms with E-state index in [-0.39, 0.29) is 5.91 Å². The zero-order valence-electron chi connectivity index (χ0n) is 17.4. The van der Waals surface area contributed by atoms with Gasteiger partial charge in [-0.1, -0.05) is 0 Å². The Bertz CT molecular complexity index is 1040. The van der Waals surface area contributed by atoms with Crippen LogP contribution in [0.2, 0.25) is 0 Å². The van der Waals surface area contributed by atoms with Gasteiger partial charge in [-0.05, 0) is 89.9 Å². The van der Waals surface area contributed by atoms with Crippen molar-refractivity contribution in [1.82, 2.24) is 4.98 Å². The Kier molecular flexibility index (Phi) is 7.78. The molecule has 0 saturated carbocycles. The fourth-order valence-corrected chi connectivity index (χ4v) is 3.50. The minimum absolute atomic E-state index is 0.176. The molecule has 0 radical (unpaired) electrons. The largest absolute Gasteiger partial charge is 0.493 e.